The van der Waals surface area contributed by atoms with Crippen molar-refractivity contribution in [3.8, 4) is 0 Å². The summed E-state index contributed by atoms with van der Waals surface area (Å²) in [6.07, 6.45) is 1.39. The van der Waals surface area contributed by atoms with E-state index in [0.717, 1.165) is 6.42 Å². The zero-order chi connectivity index (χ0) is 9.56. The van der Waals surface area contributed by atoms with Gasteiger partial charge in [0.25, 0.3) is 0 Å². The van der Waals surface area contributed by atoms with Crippen LogP contribution >= 0.6 is 0 Å². The first kappa shape index (κ1) is 11.4. The summed E-state index contributed by atoms with van der Waals surface area (Å²) in [6.45, 7) is 4.40. The van der Waals surface area contributed by atoms with E-state index in [1.165, 1.54) is 0 Å². The summed E-state index contributed by atoms with van der Waals surface area (Å²) in [5, 5.41) is 0. The molecule has 0 saturated carbocycles. The van der Waals surface area contributed by atoms with Gasteiger partial charge in [0.15, 0.2) is 0 Å². The fourth-order valence-corrected chi connectivity index (χ4v) is 0.818. The van der Waals surface area contributed by atoms with Gasteiger partial charge in [-0.05, 0) is 34.4 Å². The average molecular weight is 173 g/mol. The average Bonchev–Trinajstić information content (AvgIpc) is 2.00. The molecule has 0 spiro atoms. The van der Waals surface area contributed by atoms with Crippen LogP contribution in [0, 0.1) is 0 Å². The Morgan fingerprint density at radius 1 is 1.50 bits per heavy atom. The Morgan fingerprint density at radius 3 is 2.50 bits per heavy atom. The van der Waals surface area contributed by atoms with Crippen molar-refractivity contribution in [2.45, 2.75) is 32.7 Å². The number of esters is 1. The van der Waals surface area contributed by atoms with Gasteiger partial charge in [-0.15, -0.1) is 0 Å². The summed E-state index contributed by atoms with van der Waals surface area (Å²) >= 11 is 0. The number of hydrogen-bond donors (Lipinski definition) is 0. The van der Waals surface area contributed by atoms with Crippen LogP contribution in [0.1, 0.15) is 26.7 Å². The summed E-state index contributed by atoms with van der Waals surface area (Å²) in [4.78, 5) is 13.0. The lowest BCUT2D eigenvalue weighted by atomic mass is 10.2. The maximum atomic E-state index is 10.9. The number of carbonyl (C=O) groups is 1. The Morgan fingerprint density at radius 2 is 2.08 bits per heavy atom. The van der Waals surface area contributed by atoms with Gasteiger partial charge in [0.2, 0.25) is 0 Å². The van der Waals surface area contributed by atoms with Crippen molar-refractivity contribution < 1.29 is 9.53 Å². The second-order valence-corrected chi connectivity index (χ2v) is 3.16. The summed E-state index contributed by atoms with van der Waals surface area (Å²) in [5.74, 6) is -0.0915. The lowest BCUT2D eigenvalue weighted by Gasteiger charge is -2.18. The number of carbonyl (C=O) groups excluding carboxylic acids is 1. The first-order valence-electron chi connectivity index (χ1n) is 4.40. The lowest BCUT2D eigenvalue weighted by Crippen LogP contribution is -2.25. The van der Waals surface area contributed by atoms with Crippen molar-refractivity contribution in [1.29, 1.82) is 0 Å². The molecule has 72 valence electrons. The third-order valence-electron chi connectivity index (χ3n) is 1.95. The monoisotopic (exact) mass is 173 g/mol. The predicted octanol–water partition coefficient (Wildman–Crippen LogP) is 1.28. The molecule has 0 aromatic heterocycles. The molecular formula is C9H19NO2. The Kier molecular flexibility index (Phi) is 5.72. The molecule has 1 atom stereocenters. The molecule has 0 bridgehead atoms. The van der Waals surface area contributed by atoms with Crippen molar-refractivity contribution in [3.63, 3.8) is 0 Å². The number of nitrogens with zero attached hydrogens (tertiary/aromatic N) is 1. The first-order valence-corrected chi connectivity index (χ1v) is 4.40. The molecule has 0 heterocycles. The maximum absolute atomic E-state index is 10.9. The SMILES string of the molecule is CCOC(=O)CCC(C)N(C)C. The molecule has 3 heteroatoms. The molecule has 12 heavy (non-hydrogen) atoms. The number of hydrogen-bond acceptors (Lipinski definition) is 3. The molecule has 0 rings (SSSR count). The normalized spacial score (nSPS) is 13.1. The van der Waals surface area contributed by atoms with Gasteiger partial charge < -0.3 is 9.64 Å². The van der Waals surface area contributed by atoms with Gasteiger partial charge in [-0.1, -0.05) is 0 Å². The van der Waals surface area contributed by atoms with Crippen molar-refractivity contribution in [2.75, 3.05) is 20.7 Å². The predicted molar refractivity (Wildman–Crippen MR) is 49.0 cm³/mol. The van der Waals surface area contributed by atoms with Crippen molar-refractivity contribution in [1.82, 2.24) is 4.90 Å². The smallest absolute Gasteiger partial charge is 0.305 e. The topological polar surface area (TPSA) is 29.5 Å². The summed E-state index contributed by atoms with van der Waals surface area (Å²) in [5.41, 5.74) is 0. The summed E-state index contributed by atoms with van der Waals surface area (Å²) in [7, 11) is 4.02. The van der Waals surface area contributed by atoms with Gasteiger partial charge in [-0.3, -0.25) is 4.79 Å². The van der Waals surface area contributed by atoms with Gasteiger partial charge in [0.05, 0.1) is 6.61 Å². The fraction of sp³-hybridized carbons (Fsp3) is 0.889. The summed E-state index contributed by atoms with van der Waals surface area (Å²) in [6, 6.07) is 0.439. The van der Waals surface area contributed by atoms with Gasteiger partial charge in [-0.2, -0.15) is 0 Å². The standard InChI is InChI=1S/C9H19NO2/c1-5-12-9(11)7-6-8(2)10(3)4/h8H,5-7H2,1-4H3. The highest BCUT2D eigenvalue weighted by Crippen LogP contribution is 2.02. The summed E-state index contributed by atoms with van der Waals surface area (Å²) < 4.78 is 4.81. The zero-order valence-electron chi connectivity index (χ0n) is 8.46. The highest BCUT2D eigenvalue weighted by molar-refractivity contribution is 5.69. The third-order valence-corrected chi connectivity index (χ3v) is 1.95. The van der Waals surface area contributed by atoms with E-state index in [0.29, 0.717) is 19.1 Å². The molecule has 3 nitrogen and oxygen atoms in total. The molecule has 0 aliphatic carbocycles. The molecule has 0 aliphatic rings. The fourth-order valence-electron chi connectivity index (χ4n) is 0.818. The van der Waals surface area contributed by atoms with E-state index in [4.69, 9.17) is 4.74 Å². The molecule has 0 saturated heterocycles. The van der Waals surface area contributed by atoms with Crippen LogP contribution in [-0.4, -0.2) is 37.6 Å². The molecule has 0 N–H and O–H groups in total. The number of rotatable bonds is 5. The van der Waals surface area contributed by atoms with E-state index in [2.05, 4.69) is 11.8 Å². The minimum absolute atomic E-state index is 0.0915. The minimum Gasteiger partial charge on any atom is -0.466 e. The second kappa shape index (κ2) is 6.00. The molecule has 1 unspecified atom stereocenters. The lowest BCUT2D eigenvalue weighted by molar-refractivity contribution is -0.143. The Hall–Kier alpha value is -0.570. The van der Waals surface area contributed by atoms with Gasteiger partial charge in [0, 0.05) is 12.5 Å². The highest BCUT2D eigenvalue weighted by atomic mass is 16.5. The maximum Gasteiger partial charge on any atom is 0.305 e. The van der Waals surface area contributed by atoms with E-state index in [-0.39, 0.29) is 5.97 Å². The second-order valence-electron chi connectivity index (χ2n) is 3.16. The first-order chi connectivity index (χ1) is 5.57. The van der Waals surface area contributed by atoms with Crippen LogP contribution < -0.4 is 0 Å². The highest BCUT2D eigenvalue weighted by Gasteiger charge is 2.08. The van der Waals surface area contributed by atoms with E-state index in [1.807, 2.05) is 21.0 Å². The molecule has 0 radical (unpaired) electrons. The number of ether oxygens (including phenoxy) is 1. The van der Waals surface area contributed by atoms with Crippen LogP contribution in [0.2, 0.25) is 0 Å². The van der Waals surface area contributed by atoms with Crippen LogP contribution in [0.3, 0.4) is 0 Å². The third kappa shape index (κ3) is 5.13. The zero-order valence-corrected chi connectivity index (χ0v) is 8.46. The van der Waals surface area contributed by atoms with Crippen molar-refractivity contribution in [3.05, 3.63) is 0 Å². The van der Waals surface area contributed by atoms with Crippen LogP contribution in [0.4, 0.5) is 0 Å². The quantitative estimate of drug-likeness (QED) is 0.586. The Balaban J connectivity index is 3.47. The van der Waals surface area contributed by atoms with Crippen molar-refractivity contribution in [2.24, 2.45) is 0 Å². The van der Waals surface area contributed by atoms with Crippen LogP contribution in [0.5, 0.6) is 0 Å². The Bertz CT molecular complexity index is 134. The molecule has 0 fully saturated rings. The van der Waals surface area contributed by atoms with Gasteiger partial charge >= 0.3 is 5.97 Å². The molecule has 0 aliphatic heterocycles. The molecule has 0 aromatic carbocycles. The molecule has 0 amide bonds. The van der Waals surface area contributed by atoms with E-state index >= 15 is 0 Å². The Labute approximate surface area is 74.7 Å². The van der Waals surface area contributed by atoms with E-state index in [9.17, 15) is 4.79 Å². The van der Waals surface area contributed by atoms with E-state index in [1.54, 1.807) is 0 Å². The van der Waals surface area contributed by atoms with Crippen LogP contribution in [0.25, 0.3) is 0 Å². The molecule has 0 aromatic rings. The van der Waals surface area contributed by atoms with Crippen LogP contribution in [0.15, 0.2) is 0 Å². The van der Waals surface area contributed by atoms with Gasteiger partial charge in [-0.25, -0.2) is 0 Å². The molecular weight excluding hydrogens is 154 g/mol. The largest absolute Gasteiger partial charge is 0.466 e. The minimum atomic E-state index is -0.0915. The van der Waals surface area contributed by atoms with Gasteiger partial charge in [0.1, 0.15) is 0 Å². The van der Waals surface area contributed by atoms with Crippen LogP contribution in [-0.2, 0) is 9.53 Å². The van der Waals surface area contributed by atoms with Crippen molar-refractivity contribution >= 4 is 5.97 Å². The van der Waals surface area contributed by atoms with E-state index < -0.39 is 0 Å².